The molecule has 0 spiro atoms. The number of nitrogens with zero attached hydrogens (tertiary/aromatic N) is 1. The number of carboxylic acid groups (broad SMARTS) is 1. The van der Waals surface area contributed by atoms with Crippen LogP contribution in [-0.2, 0) is 9.97 Å². The summed E-state index contributed by atoms with van der Waals surface area (Å²) in [5, 5.41) is 19.7. The zero-order valence-electron chi connectivity index (χ0n) is 15.7. The average Bonchev–Trinajstić information content (AvgIpc) is 3.28. The molecule has 0 saturated heterocycles. The Morgan fingerprint density at radius 1 is 1.37 bits per heavy atom. The number of aliphatic hydroxyl groups excluding tert-OH is 1. The Kier molecular flexibility index (Phi) is 4.50. The summed E-state index contributed by atoms with van der Waals surface area (Å²) in [5.74, 6) is -1.95. The molecular formula is C21H18FIN2O4S. The van der Waals surface area contributed by atoms with E-state index in [9.17, 15) is 19.8 Å². The zero-order valence-corrected chi connectivity index (χ0v) is 18.7. The molecule has 6 nitrogen and oxygen atoms in total. The van der Waals surface area contributed by atoms with Crippen molar-refractivity contribution in [1.29, 1.82) is 0 Å². The molecular weight excluding hydrogens is 522 g/mol. The van der Waals surface area contributed by atoms with E-state index in [1.165, 1.54) is 23.6 Å². The summed E-state index contributed by atoms with van der Waals surface area (Å²) < 4.78 is 17.0. The van der Waals surface area contributed by atoms with E-state index < -0.39 is 32.4 Å². The summed E-state index contributed by atoms with van der Waals surface area (Å²) in [4.78, 5) is 25.9. The minimum Gasteiger partial charge on any atom is -0.477 e. The SMILES string of the molecule is Nc1cc(-c2cc3c(s2)C(O)CCC3)c(F)c2c1c(=O)c(C(=O)O)cn2C1(I)CC1. The third-order valence-electron chi connectivity index (χ3n) is 5.90. The number of carbonyl (C=O) groups is 1. The second kappa shape index (κ2) is 6.76. The molecule has 2 heterocycles. The van der Waals surface area contributed by atoms with E-state index in [1.54, 1.807) is 4.57 Å². The molecule has 0 radical (unpaired) electrons. The van der Waals surface area contributed by atoms with Gasteiger partial charge in [0.05, 0.1) is 20.6 Å². The van der Waals surface area contributed by atoms with Crippen LogP contribution in [0.2, 0.25) is 0 Å². The van der Waals surface area contributed by atoms with Gasteiger partial charge in [0, 0.05) is 27.2 Å². The van der Waals surface area contributed by atoms with Gasteiger partial charge in [0.25, 0.3) is 0 Å². The van der Waals surface area contributed by atoms with Gasteiger partial charge in [-0.15, -0.1) is 11.3 Å². The molecule has 9 heteroatoms. The quantitative estimate of drug-likeness (QED) is 0.260. The number of hydrogen-bond donors (Lipinski definition) is 3. The Bertz CT molecular complexity index is 1290. The van der Waals surface area contributed by atoms with Crippen LogP contribution in [0.3, 0.4) is 0 Å². The van der Waals surface area contributed by atoms with Crippen molar-refractivity contribution in [2.45, 2.75) is 41.8 Å². The highest BCUT2D eigenvalue weighted by molar-refractivity contribution is 14.1. The number of alkyl halides is 1. The maximum absolute atomic E-state index is 15.9. The van der Waals surface area contributed by atoms with Gasteiger partial charge in [-0.1, -0.05) is 22.6 Å². The largest absolute Gasteiger partial charge is 0.477 e. The maximum atomic E-state index is 15.9. The summed E-state index contributed by atoms with van der Waals surface area (Å²) >= 11 is 3.51. The van der Waals surface area contributed by atoms with Crippen LogP contribution in [0.1, 0.15) is 52.6 Å². The summed E-state index contributed by atoms with van der Waals surface area (Å²) in [6.07, 6.45) is 4.57. The Morgan fingerprint density at radius 2 is 2.10 bits per heavy atom. The first-order valence-electron chi connectivity index (χ1n) is 9.62. The molecule has 3 aromatic rings. The molecule has 2 aromatic heterocycles. The molecule has 1 aromatic carbocycles. The molecule has 30 heavy (non-hydrogen) atoms. The molecule has 4 N–H and O–H groups in total. The third kappa shape index (κ3) is 2.89. The topological polar surface area (TPSA) is 106 Å². The Balaban J connectivity index is 1.83. The molecule has 1 saturated carbocycles. The van der Waals surface area contributed by atoms with Crippen LogP contribution in [-0.4, -0.2) is 20.7 Å². The minimum absolute atomic E-state index is 0.0406. The predicted molar refractivity (Wildman–Crippen MR) is 122 cm³/mol. The van der Waals surface area contributed by atoms with Crippen LogP contribution in [0.5, 0.6) is 0 Å². The van der Waals surface area contributed by atoms with Crippen molar-refractivity contribution in [2.75, 3.05) is 5.73 Å². The lowest BCUT2D eigenvalue weighted by Gasteiger charge is -2.20. The van der Waals surface area contributed by atoms with Crippen molar-refractivity contribution >= 4 is 56.5 Å². The number of pyridine rings is 1. The fourth-order valence-electron chi connectivity index (χ4n) is 4.18. The van der Waals surface area contributed by atoms with Crippen molar-refractivity contribution in [1.82, 2.24) is 4.57 Å². The number of fused-ring (bicyclic) bond motifs is 2. The van der Waals surface area contributed by atoms with Crippen LogP contribution in [0, 0.1) is 5.82 Å². The van der Waals surface area contributed by atoms with Crippen molar-refractivity contribution < 1.29 is 19.4 Å². The lowest BCUT2D eigenvalue weighted by Crippen LogP contribution is -2.23. The molecule has 2 aliphatic rings. The number of halogens is 2. The smallest absolute Gasteiger partial charge is 0.341 e. The molecule has 1 unspecified atom stereocenters. The van der Waals surface area contributed by atoms with Gasteiger partial charge in [-0.25, -0.2) is 9.18 Å². The van der Waals surface area contributed by atoms with Crippen LogP contribution < -0.4 is 11.2 Å². The number of hydrogen-bond acceptors (Lipinski definition) is 5. The number of benzene rings is 1. The average molecular weight is 540 g/mol. The second-order valence-corrected chi connectivity index (χ2v) is 11.0. The molecule has 1 fully saturated rings. The van der Waals surface area contributed by atoms with E-state index in [1.807, 2.05) is 6.07 Å². The first-order valence-corrected chi connectivity index (χ1v) is 11.5. The highest BCUT2D eigenvalue weighted by Crippen LogP contribution is 2.52. The summed E-state index contributed by atoms with van der Waals surface area (Å²) in [7, 11) is 0. The Morgan fingerprint density at radius 3 is 2.73 bits per heavy atom. The minimum atomic E-state index is -1.36. The first-order chi connectivity index (χ1) is 14.2. The molecule has 5 rings (SSSR count). The van der Waals surface area contributed by atoms with Gasteiger partial charge in [0.15, 0.2) is 5.82 Å². The van der Waals surface area contributed by atoms with Gasteiger partial charge in [0.1, 0.15) is 5.56 Å². The van der Waals surface area contributed by atoms with Crippen LogP contribution in [0.25, 0.3) is 21.3 Å². The summed E-state index contributed by atoms with van der Waals surface area (Å²) in [6, 6.07) is 3.29. The number of carboxylic acids is 1. The fraction of sp³-hybridized carbons (Fsp3) is 0.333. The number of nitrogens with two attached hydrogens (primary N) is 1. The number of anilines is 1. The van der Waals surface area contributed by atoms with E-state index in [0.29, 0.717) is 11.3 Å². The molecule has 156 valence electrons. The lowest BCUT2D eigenvalue weighted by atomic mass is 9.96. The van der Waals surface area contributed by atoms with Gasteiger partial charge in [-0.05, 0) is 49.8 Å². The van der Waals surface area contributed by atoms with Gasteiger partial charge >= 0.3 is 5.97 Å². The number of nitrogen functional groups attached to an aromatic ring is 1. The number of rotatable bonds is 3. The van der Waals surface area contributed by atoms with Gasteiger partial charge < -0.3 is 20.5 Å². The fourth-order valence-corrected chi connectivity index (χ4v) is 6.07. The zero-order chi connectivity index (χ0) is 21.4. The van der Waals surface area contributed by atoms with Crippen LogP contribution >= 0.6 is 33.9 Å². The van der Waals surface area contributed by atoms with Crippen molar-refractivity contribution in [3.05, 3.63) is 50.4 Å². The van der Waals surface area contributed by atoms with E-state index in [-0.39, 0.29) is 22.2 Å². The molecule has 2 aliphatic carbocycles. The van der Waals surface area contributed by atoms with Crippen LogP contribution in [0.15, 0.2) is 23.1 Å². The van der Waals surface area contributed by atoms with E-state index >= 15 is 4.39 Å². The highest BCUT2D eigenvalue weighted by atomic mass is 127. The standard InChI is InChI=1S/C21H18FIN2O4S/c22-16-10(14-6-9-2-1-3-13(26)19(9)30-14)7-12(24)15-17(16)25(21(23)4-5-21)8-11(18(15)27)20(28)29/h6-8,13,26H,1-5,24H2,(H,28,29). The molecule has 1 atom stereocenters. The van der Waals surface area contributed by atoms with Gasteiger partial charge in [-0.2, -0.15) is 0 Å². The van der Waals surface area contributed by atoms with E-state index in [2.05, 4.69) is 22.6 Å². The van der Waals surface area contributed by atoms with Crippen molar-refractivity contribution in [2.24, 2.45) is 0 Å². The number of aryl methyl sites for hydroxylation is 1. The number of thiophene rings is 1. The third-order valence-corrected chi connectivity index (χ3v) is 8.81. The van der Waals surface area contributed by atoms with E-state index in [4.69, 9.17) is 5.73 Å². The molecule has 0 aliphatic heterocycles. The highest BCUT2D eigenvalue weighted by Gasteiger charge is 2.43. The van der Waals surface area contributed by atoms with Crippen LogP contribution in [0.4, 0.5) is 10.1 Å². The second-order valence-electron chi connectivity index (χ2n) is 7.92. The predicted octanol–water partition coefficient (Wildman–Crippen LogP) is 4.40. The van der Waals surface area contributed by atoms with Crippen molar-refractivity contribution in [3.8, 4) is 10.4 Å². The molecule has 0 amide bonds. The number of aromatic carboxylic acids is 1. The summed E-state index contributed by atoms with van der Waals surface area (Å²) in [5.41, 5.74) is 6.37. The summed E-state index contributed by atoms with van der Waals surface area (Å²) in [6.45, 7) is 0. The van der Waals surface area contributed by atoms with Gasteiger partial charge in [0.2, 0.25) is 5.43 Å². The normalized spacial score (nSPS) is 19.6. The van der Waals surface area contributed by atoms with Gasteiger partial charge in [-0.3, -0.25) is 4.79 Å². The van der Waals surface area contributed by atoms with Crippen molar-refractivity contribution in [3.63, 3.8) is 0 Å². The monoisotopic (exact) mass is 540 g/mol. The Hall–Kier alpha value is -1.98. The Labute approximate surface area is 188 Å². The number of aliphatic hydroxyl groups is 1. The van der Waals surface area contributed by atoms with E-state index in [0.717, 1.165) is 36.1 Å². The maximum Gasteiger partial charge on any atom is 0.341 e. The first kappa shape index (κ1) is 20.0. The molecule has 0 bridgehead atoms. The number of aromatic nitrogens is 1. The lowest BCUT2D eigenvalue weighted by molar-refractivity contribution is 0.0694.